The third kappa shape index (κ3) is 2.43. The van der Waals surface area contributed by atoms with Crippen LogP contribution in [0.3, 0.4) is 0 Å². The molecule has 0 amide bonds. The van der Waals surface area contributed by atoms with Gasteiger partial charge in [0.1, 0.15) is 15.7 Å². The first-order valence-electron chi connectivity index (χ1n) is 6.04. The molecule has 0 fully saturated rings. The Kier molecular flexibility index (Phi) is 3.76. The van der Waals surface area contributed by atoms with Gasteiger partial charge in [0.25, 0.3) is 0 Å². The van der Waals surface area contributed by atoms with E-state index in [1.807, 2.05) is 50.3 Å². The average Bonchev–Trinajstić information content (AvgIpc) is 2.32. The van der Waals surface area contributed by atoms with Gasteiger partial charge in [0.15, 0.2) is 0 Å². The topological polar surface area (TPSA) is 0 Å². The second-order valence-corrected chi connectivity index (χ2v) is 4.32. The Hall–Kier alpha value is -1.69. The molecule has 84 valence electrons. The SMILES string of the molecule is [B]c1cc(C=CC)cc2c([B])cc(C=CC)cc12. The predicted molar refractivity (Wildman–Crippen MR) is 84.1 cm³/mol. The fourth-order valence-electron chi connectivity index (χ4n) is 2.14. The molecule has 0 aliphatic carbocycles. The van der Waals surface area contributed by atoms with Gasteiger partial charge in [-0.1, -0.05) is 47.4 Å². The van der Waals surface area contributed by atoms with Crippen molar-refractivity contribution in [2.24, 2.45) is 0 Å². The number of hydrogen-bond donors (Lipinski definition) is 0. The Bertz CT molecular complexity index is 580. The van der Waals surface area contributed by atoms with E-state index in [0.717, 1.165) is 32.8 Å². The van der Waals surface area contributed by atoms with Gasteiger partial charge >= 0.3 is 0 Å². The Labute approximate surface area is 111 Å². The van der Waals surface area contributed by atoms with Crippen LogP contribution in [0.1, 0.15) is 25.0 Å². The smallest absolute Gasteiger partial charge is 0.0884 e. The van der Waals surface area contributed by atoms with E-state index in [1.165, 1.54) is 0 Å². The Morgan fingerprint density at radius 1 is 0.722 bits per heavy atom. The molecule has 0 aliphatic heterocycles. The second-order valence-electron chi connectivity index (χ2n) is 4.32. The maximum absolute atomic E-state index is 6.11. The fraction of sp³-hybridized carbons (Fsp3) is 0.125. The molecule has 0 heterocycles. The lowest BCUT2D eigenvalue weighted by molar-refractivity contribution is 1.70. The highest BCUT2D eigenvalue weighted by Crippen LogP contribution is 2.16. The van der Waals surface area contributed by atoms with E-state index < -0.39 is 0 Å². The van der Waals surface area contributed by atoms with Crippen LogP contribution in [0.2, 0.25) is 0 Å². The Morgan fingerprint density at radius 2 is 1.11 bits per heavy atom. The van der Waals surface area contributed by atoms with Crippen molar-refractivity contribution >= 4 is 49.5 Å². The minimum Gasteiger partial charge on any atom is -0.0884 e. The lowest BCUT2D eigenvalue weighted by Crippen LogP contribution is -2.12. The van der Waals surface area contributed by atoms with Gasteiger partial charge in [0.05, 0.1) is 0 Å². The van der Waals surface area contributed by atoms with Gasteiger partial charge in [-0.2, -0.15) is 0 Å². The quantitative estimate of drug-likeness (QED) is 0.692. The molecule has 2 aromatic rings. The molecule has 0 unspecified atom stereocenters. The summed E-state index contributed by atoms with van der Waals surface area (Å²) in [7, 11) is 12.2. The van der Waals surface area contributed by atoms with Gasteiger partial charge in [-0.3, -0.25) is 0 Å². The van der Waals surface area contributed by atoms with E-state index in [1.54, 1.807) is 0 Å². The van der Waals surface area contributed by atoms with E-state index in [-0.39, 0.29) is 0 Å². The van der Waals surface area contributed by atoms with Crippen LogP contribution >= 0.6 is 0 Å². The van der Waals surface area contributed by atoms with Crippen molar-refractivity contribution in [2.75, 3.05) is 0 Å². The van der Waals surface area contributed by atoms with Crippen LogP contribution in [-0.4, -0.2) is 15.7 Å². The van der Waals surface area contributed by atoms with Gasteiger partial charge < -0.3 is 0 Å². The molecule has 2 heteroatoms. The lowest BCUT2D eigenvalue weighted by atomic mass is 9.81. The summed E-state index contributed by atoms with van der Waals surface area (Å²) < 4.78 is 0. The molecule has 0 nitrogen and oxygen atoms in total. The fourth-order valence-corrected chi connectivity index (χ4v) is 2.14. The standard InChI is InChI=1S/C16H14B2/c1-3-5-11-7-13-14(15(17)9-11)8-12(6-4-2)10-16(13)18/h3-10H,1-2H3. The molecule has 0 N–H and O–H groups in total. The van der Waals surface area contributed by atoms with Crippen LogP contribution < -0.4 is 10.9 Å². The van der Waals surface area contributed by atoms with Gasteiger partial charge in [-0.15, -0.1) is 0 Å². The predicted octanol–water partition coefficient (Wildman–Crippen LogP) is 2.49. The number of fused-ring (bicyclic) bond motifs is 1. The molecule has 0 bridgehead atoms. The highest BCUT2D eigenvalue weighted by atomic mass is 14.0. The molecular weight excluding hydrogens is 214 g/mol. The highest BCUT2D eigenvalue weighted by molar-refractivity contribution is 6.44. The number of rotatable bonds is 2. The van der Waals surface area contributed by atoms with Crippen molar-refractivity contribution in [3.05, 3.63) is 47.5 Å². The zero-order valence-electron chi connectivity index (χ0n) is 10.8. The van der Waals surface area contributed by atoms with Crippen molar-refractivity contribution in [2.45, 2.75) is 13.8 Å². The van der Waals surface area contributed by atoms with Gasteiger partial charge in [0.2, 0.25) is 0 Å². The first kappa shape index (κ1) is 12.8. The van der Waals surface area contributed by atoms with Crippen LogP contribution in [0.4, 0.5) is 0 Å². The van der Waals surface area contributed by atoms with Crippen LogP contribution in [-0.2, 0) is 0 Å². The highest BCUT2D eigenvalue weighted by Gasteiger charge is 2.03. The maximum Gasteiger partial charge on any atom is 0.114 e. The minimum atomic E-state index is 0.763. The summed E-state index contributed by atoms with van der Waals surface area (Å²) >= 11 is 0. The van der Waals surface area contributed by atoms with Crippen LogP contribution in [0.15, 0.2) is 36.4 Å². The van der Waals surface area contributed by atoms with E-state index in [0.29, 0.717) is 0 Å². The number of allylic oxidation sites excluding steroid dienone is 2. The molecule has 0 aliphatic rings. The van der Waals surface area contributed by atoms with E-state index in [4.69, 9.17) is 15.7 Å². The normalized spacial score (nSPS) is 11.9. The minimum absolute atomic E-state index is 0.763. The van der Waals surface area contributed by atoms with Crippen molar-refractivity contribution in [1.29, 1.82) is 0 Å². The number of hydrogen-bond acceptors (Lipinski definition) is 0. The van der Waals surface area contributed by atoms with Crippen molar-refractivity contribution in [1.82, 2.24) is 0 Å². The summed E-state index contributed by atoms with van der Waals surface area (Å²) in [4.78, 5) is 0. The molecule has 0 saturated heterocycles. The van der Waals surface area contributed by atoms with Crippen LogP contribution in [0, 0.1) is 0 Å². The third-order valence-electron chi connectivity index (χ3n) is 2.90. The largest absolute Gasteiger partial charge is 0.114 e. The maximum atomic E-state index is 6.11. The first-order chi connectivity index (χ1) is 8.65. The van der Waals surface area contributed by atoms with Crippen molar-refractivity contribution < 1.29 is 0 Å². The summed E-state index contributed by atoms with van der Waals surface area (Å²) in [6, 6.07) is 8.09. The molecule has 0 spiro atoms. The molecular formula is C16H14B2. The van der Waals surface area contributed by atoms with Crippen LogP contribution in [0.5, 0.6) is 0 Å². The zero-order valence-corrected chi connectivity index (χ0v) is 10.8. The van der Waals surface area contributed by atoms with Gasteiger partial charge in [-0.25, -0.2) is 0 Å². The van der Waals surface area contributed by atoms with E-state index >= 15 is 0 Å². The Morgan fingerprint density at radius 3 is 1.44 bits per heavy atom. The summed E-state index contributed by atoms with van der Waals surface area (Å²) in [6.07, 6.45) is 8.03. The monoisotopic (exact) mass is 228 g/mol. The average molecular weight is 228 g/mol. The molecule has 18 heavy (non-hydrogen) atoms. The summed E-state index contributed by atoms with van der Waals surface area (Å²) in [6.45, 7) is 3.97. The van der Waals surface area contributed by atoms with Crippen molar-refractivity contribution in [3.8, 4) is 0 Å². The number of benzene rings is 2. The molecule has 0 atom stereocenters. The summed E-state index contributed by atoms with van der Waals surface area (Å²) in [5, 5.41) is 2.02. The lowest BCUT2D eigenvalue weighted by Gasteiger charge is -2.10. The van der Waals surface area contributed by atoms with Gasteiger partial charge in [0, 0.05) is 0 Å². The van der Waals surface area contributed by atoms with Gasteiger partial charge in [-0.05, 0) is 47.9 Å². The summed E-state index contributed by atoms with van der Waals surface area (Å²) in [5.74, 6) is 0. The van der Waals surface area contributed by atoms with Crippen LogP contribution in [0.25, 0.3) is 22.9 Å². The van der Waals surface area contributed by atoms with E-state index in [2.05, 4.69) is 12.1 Å². The second kappa shape index (κ2) is 5.30. The zero-order chi connectivity index (χ0) is 13.1. The third-order valence-corrected chi connectivity index (χ3v) is 2.90. The first-order valence-corrected chi connectivity index (χ1v) is 6.04. The van der Waals surface area contributed by atoms with E-state index in [9.17, 15) is 0 Å². The summed E-state index contributed by atoms with van der Waals surface area (Å²) in [5.41, 5.74) is 3.68. The van der Waals surface area contributed by atoms with Crippen molar-refractivity contribution in [3.63, 3.8) is 0 Å². The molecule has 0 saturated carbocycles. The molecule has 2 aromatic carbocycles. The molecule has 4 radical (unpaired) electrons. The molecule has 0 aromatic heterocycles. The molecule has 2 rings (SSSR count). The Balaban J connectivity index is 2.75.